The highest BCUT2D eigenvalue weighted by Gasteiger charge is 2.33. The number of amides is 1. The third-order valence-corrected chi connectivity index (χ3v) is 5.49. The summed E-state index contributed by atoms with van der Waals surface area (Å²) in [5, 5.41) is 0. The first-order valence-electron chi connectivity index (χ1n) is 9.78. The number of hydrogen-bond acceptors (Lipinski definition) is 4. The third-order valence-electron chi connectivity index (χ3n) is 5.49. The molecule has 2 heterocycles. The Hall–Kier alpha value is -2.79. The Balaban J connectivity index is 1.72. The highest BCUT2D eigenvalue weighted by molar-refractivity contribution is 6.35. The molecule has 0 unspecified atom stereocenters. The van der Waals surface area contributed by atoms with Gasteiger partial charge in [-0.3, -0.25) is 14.6 Å². The van der Waals surface area contributed by atoms with Crippen LogP contribution in [-0.2, 0) is 4.79 Å². The van der Waals surface area contributed by atoms with E-state index in [2.05, 4.69) is 4.90 Å². The standard InChI is InChI=1S/C23H26N2O3/c1-27-18-10-11-22(28-2)17(14-18)15-20-19-8-4-5-9-21(19)25(23(20)26)16-24-12-6-3-7-13-24/h4-5,8-11,14-15H,3,6-7,12-13,16H2,1-2H3/b20-15-. The van der Waals surface area contributed by atoms with E-state index < -0.39 is 0 Å². The van der Waals surface area contributed by atoms with Crippen molar-refractivity contribution in [2.45, 2.75) is 19.3 Å². The molecule has 0 radical (unpaired) electrons. The van der Waals surface area contributed by atoms with Crippen LogP contribution in [0.2, 0.25) is 0 Å². The molecule has 0 N–H and O–H groups in total. The van der Waals surface area contributed by atoms with Gasteiger partial charge in [0.15, 0.2) is 0 Å². The summed E-state index contributed by atoms with van der Waals surface area (Å²) >= 11 is 0. The molecule has 4 rings (SSSR count). The van der Waals surface area contributed by atoms with Gasteiger partial charge in [0.1, 0.15) is 11.5 Å². The lowest BCUT2D eigenvalue weighted by atomic mass is 10.0. The van der Waals surface area contributed by atoms with Gasteiger partial charge < -0.3 is 9.47 Å². The summed E-state index contributed by atoms with van der Waals surface area (Å²) in [5.74, 6) is 1.49. The molecule has 0 aromatic heterocycles. The Labute approximate surface area is 166 Å². The molecule has 2 aromatic carbocycles. The molecular weight excluding hydrogens is 352 g/mol. The van der Waals surface area contributed by atoms with Gasteiger partial charge in [-0.2, -0.15) is 0 Å². The Bertz CT molecular complexity index is 900. The largest absolute Gasteiger partial charge is 0.497 e. The van der Waals surface area contributed by atoms with Crippen LogP contribution in [0.4, 0.5) is 5.69 Å². The molecule has 2 aromatic rings. The minimum absolute atomic E-state index is 0.0386. The number of likely N-dealkylation sites (tertiary alicyclic amines) is 1. The number of carbonyl (C=O) groups is 1. The van der Waals surface area contributed by atoms with E-state index in [-0.39, 0.29) is 5.91 Å². The van der Waals surface area contributed by atoms with Crippen LogP contribution in [0, 0.1) is 0 Å². The number of anilines is 1. The Kier molecular flexibility index (Phi) is 5.35. The maximum absolute atomic E-state index is 13.4. The fourth-order valence-corrected chi connectivity index (χ4v) is 4.00. The second kappa shape index (κ2) is 8.07. The number of methoxy groups -OCH3 is 2. The quantitative estimate of drug-likeness (QED) is 0.737. The minimum atomic E-state index is 0.0386. The number of nitrogens with zero attached hydrogens (tertiary/aromatic N) is 2. The first-order chi connectivity index (χ1) is 13.7. The smallest absolute Gasteiger partial charge is 0.260 e. The van der Waals surface area contributed by atoms with Crippen LogP contribution in [0.1, 0.15) is 30.4 Å². The molecule has 2 aliphatic heterocycles. The van der Waals surface area contributed by atoms with Crippen LogP contribution in [-0.4, -0.2) is 44.8 Å². The molecular formula is C23H26N2O3. The van der Waals surface area contributed by atoms with Gasteiger partial charge in [-0.1, -0.05) is 24.6 Å². The van der Waals surface area contributed by atoms with Crippen LogP contribution < -0.4 is 14.4 Å². The highest BCUT2D eigenvalue weighted by atomic mass is 16.5. The van der Waals surface area contributed by atoms with Crippen molar-refractivity contribution in [2.24, 2.45) is 0 Å². The van der Waals surface area contributed by atoms with Crippen molar-refractivity contribution in [2.75, 3.05) is 38.9 Å². The van der Waals surface area contributed by atoms with Crippen molar-refractivity contribution in [1.29, 1.82) is 0 Å². The molecule has 0 saturated carbocycles. The predicted molar refractivity (Wildman–Crippen MR) is 112 cm³/mol. The summed E-state index contributed by atoms with van der Waals surface area (Å²) in [6, 6.07) is 13.6. The van der Waals surface area contributed by atoms with E-state index in [4.69, 9.17) is 9.47 Å². The number of rotatable bonds is 5. The normalized spacial score (nSPS) is 18.4. The first kappa shape index (κ1) is 18.6. The summed E-state index contributed by atoms with van der Waals surface area (Å²) in [6.07, 6.45) is 5.60. The van der Waals surface area contributed by atoms with Gasteiger partial charge in [0.05, 0.1) is 26.6 Å². The zero-order valence-electron chi connectivity index (χ0n) is 16.5. The van der Waals surface area contributed by atoms with E-state index in [0.717, 1.165) is 35.7 Å². The van der Waals surface area contributed by atoms with E-state index >= 15 is 0 Å². The summed E-state index contributed by atoms with van der Waals surface area (Å²) in [6.45, 7) is 2.74. The lowest BCUT2D eigenvalue weighted by Crippen LogP contribution is -2.42. The summed E-state index contributed by atoms with van der Waals surface area (Å²) in [4.78, 5) is 17.6. The van der Waals surface area contributed by atoms with E-state index in [1.54, 1.807) is 14.2 Å². The zero-order chi connectivity index (χ0) is 19.5. The fraction of sp³-hybridized carbons (Fsp3) is 0.348. The molecule has 0 spiro atoms. The van der Waals surface area contributed by atoms with Crippen molar-refractivity contribution in [3.05, 3.63) is 53.6 Å². The summed E-state index contributed by atoms with van der Waals surface area (Å²) in [5.41, 5.74) is 3.47. The van der Waals surface area contributed by atoms with Crippen LogP contribution in [0.15, 0.2) is 42.5 Å². The monoisotopic (exact) mass is 378 g/mol. The van der Waals surface area contributed by atoms with Crippen LogP contribution in [0.25, 0.3) is 11.6 Å². The average molecular weight is 378 g/mol. The molecule has 1 amide bonds. The third kappa shape index (κ3) is 3.50. The maximum atomic E-state index is 13.4. The molecule has 5 nitrogen and oxygen atoms in total. The second-order valence-corrected chi connectivity index (χ2v) is 7.24. The summed E-state index contributed by atoms with van der Waals surface area (Å²) in [7, 11) is 3.27. The molecule has 0 bridgehead atoms. The number of para-hydroxylation sites is 1. The van der Waals surface area contributed by atoms with E-state index in [1.807, 2.05) is 53.4 Å². The Morgan fingerprint density at radius 2 is 1.79 bits per heavy atom. The van der Waals surface area contributed by atoms with Gasteiger partial charge in [-0.05, 0) is 56.3 Å². The average Bonchev–Trinajstić information content (AvgIpc) is 3.00. The molecule has 2 aliphatic rings. The van der Waals surface area contributed by atoms with Gasteiger partial charge >= 0.3 is 0 Å². The molecule has 146 valence electrons. The number of fused-ring (bicyclic) bond motifs is 1. The van der Waals surface area contributed by atoms with Crippen molar-refractivity contribution in [1.82, 2.24) is 4.90 Å². The van der Waals surface area contributed by atoms with Gasteiger partial charge in [0, 0.05) is 16.7 Å². The van der Waals surface area contributed by atoms with Crippen LogP contribution in [0.5, 0.6) is 11.5 Å². The minimum Gasteiger partial charge on any atom is -0.497 e. The first-order valence-corrected chi connectivity index (χ1v) is 9.78. The zero-order valence-corrected chi connectivity index (χ0v) is 16.5. The van der Waals surface area contributed by atoms with Crippen LogP contribution in [0.3, 0.4) is 0 Å². The lowest BCUT2D eigenvalue weighted by Gasteiger charge is -2.30. The molecule has 28 heavy (non-hydrogen) atoms. The number of ether oxygens (including phenoxy) is 2. The molecule has 5 heteroatoms. The summed E-state index contributed by atoms with van der Waals surface area (Å²) < 4.78 is 10.8. The number of piperidine rings is 1. The lowest BCUT2D eigenvalue weighted by molar-refractivity contribution is -0.113. The van der Waals surface area contributed by atoms with Gasteiger partial charge in [0.2, 0.25) is 0 Å². The van der Waals surface area contributed by atoms with E-state index in [9.17, 15) is 4.79 Å². The fourth-order valence-electron chi connectivity index (χ4n) is 4.00. The molecule has 1 fully saturated rings. The van der Waals surface area contributed by atoms with Crippen LogP contribution >= 0.6 is 0 Å². The van der Waals surface area contributed by atoms with Gasteiger partial charge in [-0.15, -0.1) is 0 Å². The SMILES string of the molecule is COc1ccc(OC)c(/C=C2\C(=O)N(CN3CCCCC3)c3ccccc32)c1. The predicted octanol–water partition coefficient (Wildman–Crippen LogP) is 4.03. The molecule has 1 saturated heterocycles. The van der Waals surface area contributed by atoms with Crippen molar-refractivity contribution < 1.29 is 14.3 Å². The van der Waals surface area contributed by atoms with Crippen molar-refractivity contribution >= 4 is 23.2 Å². The number of hydrogen-bond donors (Lipinski definition) is 0. The maximum Gasteiger partial charge on any atom is 0.260 e. The van der Waals surface area contributed by atoms with E-state index in [1.165, 1.54) is 19.3 Å². The number of carbonyl (C=O) groups excluding carboxylic acids is 1. The van der Waals surface area contributed by atoms with Crippen molar-refractivity contribution in [3.63, 3.8) is 0 Å². The Morgan fingerprint density at radius 3 is 2.54 bits per heavy atom. The van der Waals surface area contributed by atoms with Crippen molar-refractivity contribution in [3.8, 4) is 11.5 Å². The number of benzene rings is 2. The van der Waals surface area contributed by atoms with E-state index in [0.29, 0.717) is 18.0 Å². The van der Waals surface area contributed by atoms with Gasteiger partial charge in [-0.25, -0.2) is 0 Å². The van der Waals surface area contributed by atoms with Gasteiger partial charge in [0.25, 0.3) is 5.91 Å². The highest BCUT2D eigenvalue weighted by Crippen LogP contribution is 2.39. The Morgan fingerprint density at radius 1 is 1.00 bits per heavy atom. The molecule has 0 atom stereocenters. The molecule has 0 aliphatic carbocycles. The topological polar surface area (TPSA) is 42.0 Å². The second-order valence-electron chi connectivity index (χ2n) is 7.24.